The minimum absolute atomic E-state index is 0.0610. The quantitative estimate of drug-likeness (QED) is 0.846. The Kier molecular flexibility index (Phi) is 4.97. The van der Waals surface area contributed by atoms with Gasteiger partial charge in [0.2, 0.25) is 11.8 Å². The van der Waals surface area contributed by atoms with E-state index in [1.54, 1.807) is 4.90 Å². The molecule has 0 saturated carbocycles. The summed E-state index contributed by atoms with van der Waals surface area (Å²) in [7, 11) is 1.83. The fourth-order valence-electron chi connectivity index (χ4n) is 3.97. The highest BCUT2D eigenvalue weighted by Crippen LogP contribution is 2.44. The van der Waals surface area contributed by atoms with E-state index >= 15 is 0 Å². The number of aromatic nitrogens is 4. The molecule has 0 bridgehead atoms. The van der Waals surface area contributed by atoms with Gasteiger partial charge in [-0.05, 0) is 22.9 Å². The third kappa shape index (κ3) is 3.83. The number of carbonyl (C=O) groups is 2. The highest BCUT2D eigenvalue weighted by Gasteiger charge is 2.43. The number of fused-ring (bicyclic) bond motifs is 1. The lowest BCUT2D eigenvalue weighted by Crippen LogP contribution is -2.46. The van der Waals surface area contributed by atoms with Gasteiger partial charge in [0.1, 0.15) is 17.7 Å². The van der Waals surface area contributed by atoms with Crippen LogP contribution in [0.2, 0.25) is 0 Å². The molecule has 9 nitrogen and oxygen atoms in total. The minimum atomic E-state index is -0.442. The third-order valence-corrected chi connectivity index (χ3v) is 5.61. The van der Waals surface area contributed by atoms with Crippen LogP contribution in [-0.4, -0.2) is 56.1 Å². The molecule has 4 rings (SSSR count). The zero-order valence-electron chi connectivity index (χ0n) is 15.9. The number of rotatable bonds is 4. The van der Waals surface area contributed by atoms with Gasteiger partial charge in [0.05, 0.1) is 12.6 Å². The first kappa shape index (κ1) is 18.4. The fraction of sp³-hybridized carbons (Fsp3) is 0.526. The molecule has 0 aliphatic carbocycles. The molecule has 9 heteroatoms. The van der Waals surface area contributed by atoms with E-state index < -0.39 is 5.60 Å². The van der Waals surface area contributed by atoms with Crippen LogP contribution >= 0.6 is 0 Å². The number of benzene rings is 1. The van der Waals surface area contributed by atoms with Gasteiger partial charge in [-0.15, -0.1) is 5.10 Å². The van der Waals surface area contributed by atoms with Crippen LogP contribution in [0.4, 0.5) is 0 Å². The number of nitrogens with one attached hydrogen (secondary N) is 1. The molecule has 1 spiro atoms. The second-order valence-electron chi connectivity index (χ2n) is 7.54. The highest BCUT2D eigenvalue weighted by molar-refractivity contribution is 5.77. The first-order valence-corrected chi connectivity index (χ1v) is 9.57. The minimum Gasteiger partial charge on any atom is -0.487 e. The lowest BCUT2D eigenvalue weighted by molar-refractivity contribution is -0.129. The Balaban J connectivity index is 1.50. The van der Waals surface area contributed by atoms with E-state index in [4.69, 9.17) is 4.74 Å². The summed E-state index contributed by atoms with van der Waals surface area (Å²) in [6.07, 6.45) is 4.30. The number of nitrogens with zero attached hydrogens (tertiary/aromatic N) is 5. The third-order valence-electron chi connectivity index (χ3n) is 5.61. The zero-order chi connectivity index (χ0) is 19.6. The van der Waals surface area contributed by atoms with Gasteiger partial charge in [-0.1, -0.05) is 18.2 Å². The molecule has 2 aromatic rings. The number of carbonyl (C=O) groups excluding carboxylic acids is 2. The predicted molar refractivity (Wildman–Crippen MR) is 99.2 cm³/mol. The molecule has 2 atom stereocenters. The number of para-hydroxylation sites is 1. The van der Waals surface area contributed by atoms with E-state index in [1.165, 1.54) is 11.0 Å². The molecule has 0 unspecified atom stereocenters. The Morgan fingerprint density at radius 1 is 1.36 bits per heavy atom. The maximum atomic E-state index is 12.6. The molecule has 148 valence electrons. The van der Waals surface area contributed by atoms with E-state index in [2.05, 4.69) is 20.8 Å². The summed E-state index contributed by atoms with van der Waals surface area (Å²) in [6, 6.07) is 7.66. The second-order valence-corrected chi connectivity index (χ2v) is 7.54. The Hall–Kier alpha value is -2.97. The summed E-state index contributed by atoms with van der Waals surface area (Å²) in [6.45, 7) is 1.08. The van der Waals surface area contributed by atoms with Crippen molar-refractivity contribution in [2.45, 2.75) is 50.3 Å². The summed E-state index contributed by atoms with van der Waals surface area (Å²) >= 11 is 0. The fourth-order valence-corrected chi connectivity index (χ4v) is 3.97. The van der Waals surface area contributed by atoms with E-state index in [0.717, 1.165) is 17.7 Å². The lowest BCUT2D eigenvalue weighted by Gasteiger charge is -2.42. The topological polar surface area (TPSA) is 102 Å². The van der Waals surface area contributed by atoms with Gasteiger partial charge in [-0.2, -0.15) is 0 Å². The van der Waals surface area contributed by atoms with Gasteiger partial charge >= 0.3 is 0 Å². The molecular weight excluding hydrogens is 360 g/mol. The van der Waals surface area contributed by atoms with Crippen LogP contribution in [0.3, 0.4) is 0 Å². The number of hydrogen-bond donors (Lipinski definition) is 1. The molecule has 1 fully saturated rings. The van der Waals surface area contributed by atoms with E-state index in [9.17, 15) is 9.59 Å². The monoisotopic (exact) mass is 384 g/mol. The van der Waals surface area contributed by atoms with Gasteiger partial charge in [0.25, 0.3) is 0 Å². The largest absolute Gasteiger partial charge is 0.487 e. The van der Waals surface area contributed by atoms with Crippen LogP contribution < -0.4 is 10.1 Å². The smallest absolute Gasteiger partial charge is 0.222 e. The second kappa shape index (κ2) is 7.57. The Morgan fingerprint density at radius 3 is 3.04 bits per heavy atom. The van der Waals surface area contributed by atoms with Gasteiger partial charge in [-0.3, -0.25) is 9.59 Å². The highest BCUT2D eigenvalue weighted by atomic mass is 16.5. The Bertz CT molecular complexity index is 855. The number of tetrazole rings is 1. The Labute approximate surface area is 163 Å². The normalized spacial score (nSPS) is 24.4. The molecule has 1 aromatic carbocycles. The van der Waals surface area contributed by atoms with Crippen molar-refractivity contribution in [3.8, 4) is 5.75 Å². The molecule has 28 heavy (non-hydrogen) atoms. The first-order chi connectivity index (χ1) is 13.5. The summed E-state index contributed by atoms with van der Waals surface area (Å²) in [5.74, 6) is 0.868. The summed E-state index contributed by atoms with van der Waals surface area (Å²) < 4.78 is 7.94. The van der Waals surface area contributed by atoms with Crippen molar-refractivity contribution in [2.24, 2.45) is 0 Å². The van der Waals surface area contributed by atoms with E-state index in [-0.39, 0.29) is 17.9 Å². The van der Waals surface area contributed by atoms with Crippen LogP contribution in [0.1, 0.15) is 43.7 Å². The summed E-state index contributed by atoms with van der Waals surface area (Å²) in [5, 5.41) is 14.1. The Morgan fingerprint density at radius 2 is 2.21 bits per heavy atom. The summed E-state index contributed by atoms with van der Waals surface area (Å²) in [4.78, 5) is 26.5. The lowest BCUT2D eigenvalue weighted by atomic mass is 9.82. The van der Waals surface area contributed by atoms with Gasteiger partial charge in [0, 0.05) is 44.8 Å². The molecular formula is C19H24N6O3. The molecule has 2 amide bonds. The average Bonchev–Trinajstić information content (AvgIpc) is 3.18. The van der Waals surface area contributed by atoms with Crippen LogP contribution in [0.25, 0.3) is 0 Å². The van der Waals surface area contributed by atoms with Gasteiger partial charge in [0.15, 0.2) is 0 Å². The van der Waals surface area contributed by atoms with Gasteiger partial charge in [-0.25, -0.2) is 4.68 Å². The summed E-state index contributed by atoms with van der Waals surface area (Å²) in [5.41, 5.74) is 0.538. The van der Waals surface area contributed by atoms with Crippen molar-refractivity contribution >= 4 is 11.8 Å². The number of ether oxygens (including phenoxy) is 1. The first-order valence-electron chi connectivity index (χ1n) is 9.57. The number of aryl methyl sites for hydroxylation is 1. The van der Waals surface area contributed by atoms with Crippen LogP contribution in [0.15, 0.2) is 30.6 Å². The zero-order valence-corrected chi connectivity index (χ0v) is 15.9. The predicted octanol–water partition coefficient (Wildman–Crippen LogP) is 1.08. The van der Waals surface area contributed by atoms with Crippen LogP contribution in [0.5, 0.6) is 5.75 Å². The number of likely N-dealkylation sites (tertiary alicyclic amines) is 1. The molecule has 1 aromatic heterocycles. The maximum Gasteiger partial charge on any atom is 0.222 e. The van der Waals surface area contributed by atoms with Gasteiger partial charge < -0.3 is 15.0 Å². The van der Waals surface area contributed by atoms with Crippen molar-refractivity contribution in [3.63, 3.8) is 0 Å². The molecule has 2 aliphatic rings. The average molecular weight is 384 g/mol. The van der Waals surface area contributed by atoms with Crippen molar-refractivity contribution in [3.05, 3.63) is 36.2 Å². The number of amides is 2. The molecule has 2 aliphatic heterocycles. The number of hydrogen-bond acceptors (Lipinski definition) is 6. The van der Waals surface area contributed by atoms with Crippen molar-refractivity contribution in [1.29, 1.82) is 0 Å². The maximum absolute atomic E-state index is 12.6. The standard InChI is InChI=1S/C19H24N6O3/c1-24-11-9-19(8-6-18(24)27)12-15(14-4-2-3-5-16(14)28-19)21-17(26)7-10-25-13-20-22-23-25/h2-5,13,15H,6-12H2,1H3,(H,21,26)/t15-,19+/m0/s1. The molecule has 1 saturated heterocycles. The molecule has 3 heterocycles. The van der Waals surface area contributed by atoms with Crippen LogP contribution in [0, 0.1) is 0 Å². The van der Waals surface area contributed by atoms with Crippen molar-refractivity contribution in [2.75, 3.05) is 13.6 Å². The van der Waals surface area contributed by atoms with E-state index in [0.29, 0.717) is 38.8 Å². The molecule has 1 N–H and O–H groups in total. The van der Waals surface area contributed by atoms with Crippen molar-refractivity contribution < 1.29 is 14.3 Å². The van der Waals surface area contributed by atoms with Crippen molar-refractivity contribution in [1.82, 2.24) is 30.4 Å². The molecule has 0 radical (unpaired) electrons. The van der Waals surface area contributed by atoms with Crippen LogP contribution in [-0.2, 0) is 16.1 Å². The SMILES string of the molecule is CN1CC[C@]2(CCC1=O)C[C@H](NC(=O)CCn1cnnn1)c1ccccc1O2. The van der Waals surface area contributed by atoms with E-state index in [1.807, 2.05) is 31.3 Å².